The Labute approximate surface area is 108 Å². The van der Waals surface area contributed by atoms with E-state index in [-0.39, 0.29) is 0 Å². The fraction of sp³-hybridized carbons (Fsp3) is 0.500. The van der Waals surface area contributed by atoms with E-state index in [0.29, 0.717) is 18.7 Å². The van der Waals surface area contributed by atoms with Gasteiger partial charge in [0.15, 0.2) is 0 Å². The minimum absolute atomic E-state index is 0.657. The third kappa shape index (κ3) is 5.68. The van der Waals surface area contributed by atoms with Gasteiger partial charge in [-0.3, -0.25) is 0 Å². The summed E-state index contributed by atoms with van der Waals surface area (Å²) in [5.41, 5.74) is 1.81. The van der Waals surface area contributed by atoms with Crippen LogP contribution in [0, 0.1) is 0 Å². The molecule has 0 unspecified atom stereocenters. The van der Waals surface area contributed by atoms with E-state index >= 15 is 0 Å². The van der Waals surface area contributed by atoms with E-state index in [1.165, 1.54) is 0 Å². The zero-order chi connectivity index (χ0) is 13.2. The molecule has 4 nitrogen and oxygen atoms in total. The Hall–Kier alpha value is -1.55. The zero-order valence-corrected chi connectivity index (χ0v) is 11.1. The fourth-order valence-electron chi connectivity index (χ4n) is 1.57. The summed E-state index contributed by atoms with van der Waals surface area (Å²) < 4.78 is 10.6. The summed E-state index contributed by atoms with van der Waals surface area (Å²) in [6, 6.07) is 7.85. The van der Waals surface area contributed by atoms with Gasteiger partial charge in [0.2, 0.25) is 0 Å². The molecule has 1 N–H and O–H groups in total. The average molecular weight is 251 g/mol. The van der Waals surface area contributed by atoms with Gasteiger partial charge >= 0.3 is 0 Å². The largest absolute Gasteiger partial charge is 0.494 e. The highest BCUT2D eigenvalue weighted by Crippen LogP contribution is 2.13. The van der Waals surface area contributed by atoms with Crippen LogP contribution in [0.15, 0.2) is 29.4 Å². The molecule has 100 valence electrons. The molecule has 0 aliphatic heterocycles. The molecule has 4 heteroatoms. The van der Waals surface area contributed by atoms with E-state index in [1.807, 2.05) is 24.3 Å². The van der Waals surface area contributed by atoms with Crippen molar-refractivity contribution in [3.8, 4) is 5.75 Å². The van der Waals surface area contributed by atoms with Crippen LogP contribution >= 0.6 is 0 Å². The summed E-state index contributed by atoms with van der Waals surface area (Å²) >= 11 is 0. The molecule has 0 amide bonds. The van der Waals surface area contributed by atoms with E-state index in [2.05, 4.69) is 5.16 Å². The highest BCUT2D eigenvalue weighted by Gasteiger charge is 1.98. The molecule has 18 heavy (non-hydrogen) atoms. The van der Waals surface area contributed by atoms with Gasteiger partial charge in [0, 0.05) is 20.1 Å². The Bertz CT molecular complexity index is 360. The molecular formula is C14H21NO3. The summed E-state index contributed by atoms with van der Waals surface area (Å²) in [5, 5.41) is 11.7. The number of nitrogens with zero attached hydrogens (tertiary/aromatic N) is 1. The molecule has 0 spiro atoms. The highest BCUT2D eigenvalue weighted by molar-refractivity contribution is 5.83. The predicted octanol–water partition coefficient (Wildman–Crippen LogP) is 2.88. The molecule has 1 aromatic carbocycles. The molecule has 1 rings (SSSR count). The van der Waals surface area contributed by atoms with Gasteiger partial charge in [0.25, 0.3) is 0 Å². The molecule has 0 atom stereocenters. The van der Waals surface area contributed by atoms with Gasteiger partial charge in [-0.2, -0.15) is 0 Å². The first-order valence-corrected chi connectivity index (χ1v) is 6.14. The van der Waals surface area contributed by atoms with E-state index in [9.17, 15) is 0 Å². The number of unbranched alkanes of at least 4 members (excludes halogenated alkanes) is 1. The Kier molecular flexibility index (Phi) is 6.87. The lowest BCUT2D eigenvalue weighted by Crippen LogP contribution is -2.00. The normalized spacial score (nSPS) is 11.6. The molecule has 0 aromatic heterocycles. The van der Waals surface area contributed by atoms with Crippen LogP contribution in [0.25, 0.3) is 0 Å². The van der Waals surface area contributed by atoms with E-state index in [1.54, 1.807) is 14.0 Å². The molecular weight excluding hydrogens is 230 g/mol. The third-order valence-corrected chi connectivity index (χ3v) is 2.57. The summed E-state index contributed by atoms with van der Waals surface area (Å²) in [5.74, 6) is 0.870. The second-order valence-corrected chi connectivity index (χ2v) is 4.20. The van der Waals surface area contributed by atoms with Crippen LogP contribution < -0.4 is 4.74 Å². The lowest BCUT2D eigenvalue weighted by atomic mass is 10.1. The summed E-state index contributed by atoms with van der Waals surface area (Å²) in [6.45, 7) is 3.28. The van der Waals surface area contributed by atoms with Gasteiger partial charge in [-0.15, -0.1) is 0 Å². The first-order chi connectivity index (χ1) is 8.76. The number of hydrogen-bond acceptors (Lipinski definition) is 4. The quantitative estimate of drug-likeness (QED) is 0.334. The van der Waals surface area contributed by atoms with E-state index < -0.39 is 0 Å². The van der Waals surface area contributed by atoms with E-state index in [0.717, 1.165) is 30.8 Å². The number of ether oxygens (including phenoxy) is 2. The van der Waals surface area contributed by atoms with Crippen LogP contribution in [-0.2, 0) is 11.2 Å². The summed E-state index contributed by atoms with van der Waals surface area (Å²) in [7, 11) is 1.71. The Morgan fingerprint density at radius 3 is 2.44 bits per heavy atom. The van der Waals surface area contributed by atoms with Gasteiger partial charge in [-0.25, -0.2) is 0 Å². The maximum absolute atomic E-state index is 8.59. The van der Waals surface area contributed by atoms with Crippen molar-refractivity contribution < 1.29 is 14.7 Å². The van der Waals surface area contributed by atoms with Crippen molar-refractivity contribution in [2.45, 2.75) is 26.2 Å². The third-order valence-electron chi connectivity index (χ3n) is 2.57. The second-order valence-electron chi connectivity index (χ2n) is 4.20. The van der Waals surface area contributed by atoms with Crippen molar-refractivity contribution in [2.24, 2.45) is 5.16 Å². The van der Waals surface area contributed by atoms with Gasteiger partial charge in [0.1, 0.15) is 5.75 Å². The van der Waals surface area contributed by atoms with Crippen LogP contribution in [0.1, 0.15) is 25.3 Å². The molecule has 0 saturated carbocycles. The number of oxime groups is 1. The van der Waals surface area contributed by atoms with Crippen molar-refractivity contribution in [2.75, 3.05) is 20.3 Å². The Morgan fingerprint density at radius 2 is 1.83 bits per heavy atom. The van der Waals surface area contributed by atoms with Crippen LogP contribution in [0.4, 0.5) is 0 Å². The number of hydrogen-bond donors (Lipinski definition) is 1. The molecule has 0 radical (unpaired) electrons. The molecule has 1 aromatic rings. The minimum Gasteiger partial charge on any atom is -0.494 e. The lowest BCUT2D eigenvalue weighted by molar-refractivity contribution is 0.184. The van der Waals surface area contributed by atoms with Gasteiger partial charge in [-0.1, -0.05) is 17.3 Å². The van der Waals surface area contributed by atoms with Gasteiger partial charge in [-0.05, 0) is 37.5 Å². The van der Waals surface area contributed by atoms with Crippen LogP contribution in [0.3, 0.4) is 0 Å². The van der Waals surface area contributed by atoms with Crippen molar-refractivity contribution in [3.05, 3.63) is 29.8 Å². The standard InChI is InChI=1S/C14H21NO3/c1-12(15-16)11-13-5-7-14(8-6-13)18-10-4-3-9-17-2/h5-8,16H,3-4,9-11H2,1-2H3/b15-12+. The second kappa shape index (κ2) is 8.53. The number of rotatable bonds is 8. The average Bonchev–Trinajstić information content (AvgIpc) is 2.40. The van der Waals surface area contributed by atoms with E-state index in [4.69, 9.17) is 14.7 Å². The van der Waals surface area contributed by atoms with Crippen molar-refractivity contribution in [3.63, 3.8) is 0 Å². The van der Waals surface area contributed by atoms with Crippen LogP contribution in [-0.4, -0.2) is 31.2 Å². The van der Waals surface area contributed by atoms with Crippen LogP contribution in [0.5, 0.6) is 5.75 Å². The van der Waals surface area contributed by atoms with Gasteiger partial charge in [0.05, 0.1) is 12.3 Å². The summed E-state index contributed by atoms with van der Waals surface area (Å²) in [4.78, 5) is 0. The monoisotopic (exact) mass is 251 g/mol. The highest BCUT2D eigenvalue weighted by atomic mass is 16.5. The molecule has 0 heterocycles. The smallest absolute Gasteiger partial charge is 0.119 e. The fourth-order valence-corrected chi connectivity index (χ4v) is 1.57. The summed E-state index contributed by atoms with van der Waals surface area (Å²) in [6.07, 6.45) is 2.66. The predicted molar refractivity (Wildman–Crippen MR) is 71.6 cm³/mol. The maximum atomic E-state index is 8.59. The first kappa shape index (κ1) is 14.5. The minimum atomic E-state index is 0.657. The molecule has 0 aliphatic rings. The lowest BCUT2D eigenvalue weighted by Gasteiger charge is -2.07. The molecule has 0 bridgehead atoms. The molecule has 0 saturated heterocycles. The first-order valence-electron chi connectivity index (χ1n) is 6.14. The van der Waals surface area contributed by atoms with Crippen molar-refractivity contribution >= 4 is 5.71 Å². The number of benzene rings is 1. The topological polar surface area (TPSA) is 51.0 Å². The molecule has 0 aliphatic carbocycles. The Balaban J connectivity index is 2.31. The molecule has 0 fully saturated rings. The van der Waals surface area contributed by atoms with Crippen molar-refractivity contribution in [1.82, 2.24) is 0 Å². The Morgan fingerprint density at radius 1 is 1.17 bits per heavy atom. The SMILES string of the molecule is COCCCCOc1ccc(C/C(C)=N/O)cc1. The number of methoxy groups -OCH3 is 1. The van der Waals surface area contributed by atoms with Crippen molar-refractivity contribution in [1.29, 1.82) is 0 Å². The van der Waals surface area contributed by atoms with Crippen LogP contribution in [0.2, 0.25) is 0 Å². The maximum Gasteiger partial charge on any atom is 0.119 e. The van der Waals surface area contributed by atoms with Gasteiger partial charge < -0.3 is 14.7 Å². The zero-order valence-electron chi connectivity index (χ0n) is 11.1.